The van der Waals surface area contributed by atoms with Gasteiger partial charge in [-0.3, -0.25) is 0 Å². The third kappa shape index (κ3) is 3.10. The number of halogens is 3. The zero-order valence-electron chi connectivity index (χ0n) is 12.3. The van der Waals surface area contributed by atoms with Crippen molar-refractivity contribution in [2.24, 2.45) is 0 Å². The highest BCUT2D eigenvalue weighted by Crippen LogP contribution is 2.36. The standard InChI is InChI=1S/C16H9F3N2O3S/c17-16(18,19)24-8-5-6-11-12(7-8)25-15(20-11)21-13-9-3-1-2-4-10(9)14(22)23-13/h1-7,13H,(H,20,21). The summed E-state index contributed by atoms with van der Waals surface area (Å²) in [7, 11) is 0. The molecule has 2 aromatic carbocycles. The van der Waals surface area contributed by atoms with Crippen molar-refractivity contribution in [2.75, 3.05) is 5.32 Å². The lowest BCUT2D eigenvalue weighted by Gasteiger charge is -2.11. The van der Waals surface area contributed by atoms with Crippen LogP contribution in [0.15, 0.2) is 42.5 Å². The normalized spacial score (nSPS) is 16.6. The molecule has 0 fully saturated rings. The number of nitrogens with one attached hydrogen (secondary N) is 1. The molecule has 1 unspecified atom stereocenters. The van der Waals surface area contributed by atoms with Gasteiger partial charge in [-0.25, -0.2) is 9.78 Å². The lowest BCUT2D eigenvalue weighted by atomic mass is 10.1. The molecule has 0 bridgehead atoms. The zero-order chi connectivity index (χ0) is 17.6. The topological polar surface area (TPSA) is 60.5 Å². The predicted molar refractivity (Wildman–Crippen MR) is 84.5 cm³/mol. The summed E-state index contributed by atoms with van der Waals surface area (Å²) in [5.41, 5.74) is 1.68. The maximum Gasteiger partial charge on any atom is 0.573 e. The van der Waals surface area contributed by atoms with Crippen molar-refractivity contribution in [1.82, 2.24) is 4.98 Å². The van der Waals surface area contributed by atoms with E-state index in [-0.39, 0.29) is 5.75 Å². The van der Waals surface area contributed by atoms with Crippen molar-refractivity contribution in [2.45, 2.75) is 12.6 Å². The van der Waals surface area contributed by atoms with E-state index in [4.69, 9.17) is 4.74 Å². The number of hydrogen-bond acceptors (Lipinski definition) is 6. The number of alkyl halides is 3. The first kappa shape index (κ1) is 15.7. The average Bonchev–Trinajstić information content (AvgIpc) is 3.07. The van der Waals surface area contributed by atoms with Crippen LogP contribution in [0.25, 0.3) is 10.2 Å². The average molecular weight is 366 g/mol. The van der Waals surface area contributed by atoms with Gasteiger partial charge in [0.1, 0.15) is 5.75 Å². The molecule has 0 amide bonds. The number of aromatic nitrogens is 1. The number of carbonyl (C=O) groups is 1. The minimum absolute atomic E-state index is 0.312. The first-order valence-electron chi connectivity index (χ1n) is 7.12. The lowest BCUT2D eigenvalue weighted by molar-refractivity contribution is -0.274. The molecular formula is C16H9F3N2O3S. The summed E-state index contributed by atoms with van der Waals surface area (Å²) in [5, 5.41) is 3.41. The Labute approximate surface area is 143 Å². The van der Waals surface area contributed by atoms with Crippen LogP contribution in [-0.4, -0.2) is 17.3 Å². The van der Waals surface area contributed by atoms with E-state index < -0.39 is 18.6 Å². The Kier molecular flexibility index (Phi) is 3.53. The summed E-state index contributed by atoms with van der Waals surface area (Å²) in [6.45, 7) is 0. The van der Waals surface area contributed by atoms with E-state index in [0.717, 1.165) is 11.3 Å². The Morgan fingerprint density at radius 2 is 2.00 bits per heavy atom. The fraction of sp³-hybridized carbons (Fsp3) is 0.125. The maximum atomic E-state index is 12.3. The van der Waals surface area contributed by atoms with E-state index in [1.807, 2.05) is 0 Å². The van der Waals surface area contributed by atoms with Gasteiger partial charge in [0.2, 0.25) is 6.23 Å². The number of rotatable bonds is 3. The molecule has 5 nitrogen and oxygen atoms in total. The van der Waals surface area contributed by atoms with Gasteiger partial charge in [0.25, 0.3) is 0 Å². The van der Waals surface area contributed by atoms with Crippen LogP contribution in [0.1, 0.15) is 22.1 Å². The number of anilines is 1. The Morgan fingerprint density at radius 3 is 2.80 bits per heavy atom. The zero-order valence-corrected chi connectivity index (χ0v) is 13.1. The van der Waals surface area contributed by atoms with E-state index in [2.05, 4.69) is 15.0 Å². The van der Waals surface area contributed by atoms with Gasteiger partial charge in [-0.2, -0.15) is 0 Å². The van der Waals surface area contributed by atoms with Crippen LogP contribution in [0.5, 0.6) is 5.75 Å². The third-order valence-electron chi connectivity index (χ3n) is 3.54. The van der Waals surface area contributed by atoms with Crippen molar-refractivity contribution < 1.29 is 27.4 Å². The summed E-state index contributed by atoms with van der Waals surface area (Å²) >= 11 is 1.14. The van der Waals surface area contributed by atoms with Crippen molar-refractivity contribution in [3.05, 3.63) is 53.6 Å². The summed E-state index contributed by atoms with van der Waals surface area (Å²) in [4.78, 5) is 16.1. The summed E-state index contributed by atoms with van der Waals surface area (Å²) in [6, 6.07) is 10.9. The van der Waals surface area contributed by atoms with Gasteiger partial charge in [0, 0.05) is 11.6 Å². The molecule has 2 heterocycles. The molecule has 0 radical (unpaired) electrons. The number of thiazole rings is 1. The Hall–Kier alpha value is -2.81. The molecular weight excluding hydrogens is 357 g/mol. The number of nitrogens with zero attached hydrogens (tertiary/aromatic N) is 1. The molecule has 1 aliphatic rings. The molecule has 1 atom stereocenters. The number of carbonyl (C=O) groups excluding carboxylic acids is 1. The number of cyclic esters (lactones) is 1. The number of hydrogen-bond donors (Lipinski definition) is 1. The first-order chi connectivity index (χ1) is 11.9. The SMILES string of the molecule is O=C1OC(Nc2nc3ccc(OC(F)(F)F)cc3s2)c2ccccc21. The molecule has 1 N–H and O–H groups in total. The molecule has 25 heavy (non-hydrogen) atoms. The molecule has 1 aliphatic heterocycles. The highest BCUT2D eigenvalue weighted by molar-refractivity contribution is 7.22. The molecule has 3 aromatic rings. The second kappa shape index (κ2) is 5.62. The molecule has 0 saturated heterocycles. The maximum absolute atomic E-state index is 12.3. The van der Waals surface area contributed by atoms with Gasteiger partial charge in [0.15, 0.2) is 5.13 Å². The highest BCUT2D eigenvalue weighted by Gasteiger charge is 2.32. The van der Waals surface area contributed by atoms with E-state index in [1.165, 1.54) is 18.2 Å². The first-order valence-corrected chi connectivity index (χ1v) is 7.93. The molecule has 128 valence electrons. The van der Waals surface area contributed by atoms with Crippen LogP contribution in [0.3, 0.4) is 0 Å². The fourth-order valence-electron chi connectivity index (χ4n) is 2.53. The van der Waals surface area contributed by atoms with E-state index in [9.17, 15) is 18.0 Å². The highest BCUT2D eigenvalue weighted by atomic mass is 32.1. The fourth-order valence-corrected chi connectivity index (χ4v) is 3.44. The Morgan fingerprint density at radius 1 is 1.20 bits per heavy atom. The minimum atomic E-state index is -4.75. The van der Waals surface area contributed by atoms with Gasteiger partial charge in [-0.1, -0.05) is 29.5 Å². The van der Waals surface area contributed by atoms with Crippen molar-refractivity contribution in [1.29, 1.82) is 0 Å². The largest absolute Gasteiger partial charge is 0.573 e. The molecule has 0 aliphatic carbocycles. The number of ether oxygens (including phenoxy) is 2. The predicted octanol–water partition coefficient (Wildman–Crippen LogP) is 4.48. The summed E-state index contributed by atoms with van der Waals surface area (Å²) in [5.74, 6) is -0.747. The van der Waals surface area contributed by atoms with Gasteiger partial charge in [-0.15, -0.1) is 13.2 Å². The Bertz CT molecular complexity index is 971. The smallest absolute Gasteiger partial charge is 0.434 e. The second-order valence-electron chi connectivity index (χ2n) is 5.21. The number of fused-ring (bicyclic) bond motifs is 2. The monoisotopic (exact) mass is 366 g/mol. The van der Waals surface area contributed by atoms with Crippen LogP contribution in [0.4, 0.5) is 18.3 Å². The quantitative estimate of drug-likeness (QED) is 0.693. The number of benzene rings is 2. The van der Waals surface area contributed by atoms with Gasteiger partial charge in [-0.05, 0) is 18.2 Å². The molecule has 0 spiro atoms. The van der Waals surface area contributed by atoms with E-state index in [0.29, 0.717) is 26.5 Å². The molecule has 4 rings (SSSR count). The third-order valence-corrected chi connectivity index (χ3v) is 4.49. The van der Waals surface area contributed by atoms with Crippen molar-refractivity contribution in [3.8, 4) is 5.75 Å². The molecule has 9 heteroatoms. The van der Waals surface area contributed by atoms with Gasteiger partial charge in [0.05, 0.1) is 15.8 Å². The lowest BCUT2D eigenvalue weighted by Crippen LogP contribution is -2.16. The van der Waals surface area contributed by atoms with Crippen LogP contribution in [0, 0.1) is 0 Å². The van der Waals surface area contributed by atoms with Gasteiger partial charge < -0.3 is 14.8 Å². The van der Waals surface area contributed by atoms with Crippen LogP contribution < -0.4 is 10.1 Å². The molecule has 1 aromatic heterocycles. The van der Waals surface area contributed by atoms with Crippen LogP contribution in [0.2, 0.25) is 0 Å². The van der Waals surface area contributed by atoms with E-state index >= 15 is 0 Å². The minimum Gasteiger partial charge on any atom is -0.434 e. The number of esters is 1. The van der Waals surface area contributed by atoms with Crippen molar-refractivity contribution >= 4 is 32.7 Å². The van der Waals surface area contributed by atoms with Crippen molar-refractivity contribution in [3.63, 3.8) is 0 Å². The summed E-state index contributed by atoms with van der Waals surface area (Å²) in [6.07, 6.45) is -5.43. The van der Waals surface area contributed by atoms with E-state index in [1.54, 1.807) is 24.3 Å². The van der Waals surface area contributed by atoms with Gasteiger partial charge >= 0.3 is 12.3 Å². The molecule has 0 saturated carbocycles. The van der Waals surface area contributed by atoms with Crippen LogP contribution in [-0.2, 0) is 4.74 Å². The Balaban J connectivity index is 1.60. The van der Waals surface area contributed by atoms with Crippen LogP contribution >= 0.6 is 11.3 Å². The summed E-state index contributed by atoms with van der Waals surface area (Å²) < 4.78 is 46.6. The second-order valence-corrected chi connectivity index (χ2v) is 6.24.